The maximum absolute atomic E-state index is 12.9. The van der Waals surface area contributed by atoms with E-state index in [1.807, 2.05) is 11.8 Å². The summed E-state index contributed by atoms with van der Waals surface area (Å²) in [7, 11) is -0.676. The van der Waals surface area contributed by atoms with Gasteiger partial charge < -0.3 is 15.1 Å². The van der Waals surface area contributed by atoms with Crippen LogP contribution in [0.5, 0.6) is 0 Å². The fourth-order valence-electron chi connectivity index (χ4n) is 3.96. The zero-order chi connectivity index (χ0) is 22.9. The highest BCUT2D eigenvalue weighted by Gasteiger charge is 2.50. The molecular formula is C20H27N5O5S. The van der Waals surface area contributed by atoms with Crippen molar-refractivity contribution in [2.45, 2.75) is 30.8 Å². The second-order valence-corrected chi connectivity index (χ2v) is 9.23. The van der Waals surface area contributed by atoms with Crippen LogP contribution in [0.2, 0.25) is 0 Å². The summed E-state index contributed by atoms with van der Waals surface area (Å²) in [6.07, 6.45) is 2.36. The van der Waals surface area contributed by atoms with E-state index in [4.69, 9.17) is 5.14 Å². The van der Waals surface area contributed by atoms with Gasteiger partial charge in [-0.25, -0.2) is 18.4 Å². The van der Waals surface area contributed by atoms with Crippen molar-refractivity contribution in [3.63, 3.8) is 0 Å². The van der Waals surface area contributed by atoms with Gasteiger partial charge in [0.1, 0.15) is 11.9 Å². The molecule has 10 nitrogen and oxygen atoms in total. The highest BCUT2D eigenvalue weighted by atomic mass is 32.2. The number of amides is 4. The first-order chi connectivity index (χ1) is 14.6. The molecule has 3 N–H and O–H groups in total. The Bertz CT molecular complexity index is 1020. The number of hydrogen-bond donors (Lipinski definition) is 2. The van der Waals surface area contributed by atoms with Gasteiger partial charge in [-0.15, -0.1) is 0 Å². The number of rotatable bonds is 7. The van der Waals surface area contributed by atoms with Gasteiger partial charge in [-0.05, 0) is 36.6 Å². The Kier molecular flexibility index (Phi) is 6.37. The van der Waals surface area contributed by atoms with Crippen molar-refractivity contribution < 1.29 is 22.8 Å². The lowest BCUT2D eigenvalue weighted by Crippen LogP contribution is -2.62. The predicted octanol–water partition coefficient (Wildman–Crippen LogP) is 0.0683. The molecule has 2 atom stereocenters. The maximum Gasteiger partial charge on any atom is 0.327 e. The summed E-state index contributed by atoms with van der Waals surface area (Å²) in [6.45, 7) is 2.82. The van der Waals surface area contributed by atoms with Crippen molar-refractivity contribution in [1.82, 2.24) is 20.0 Å². The Hall–Kier alpha value is -2.92. The first kappa shape index (κ1) is 22.8. The van der Waals surface area contributed by atoms with Gasteiger partial charge >= 0.3 is 6.03 Å². The summed E-state index contributed by atoms with van der Waals surface area (Å²) in [5.74, 6) is -1.24. The van der Waals surface area contributed by atoms with Gasteiger partial charge in [0.2, 0.25) is 15.9 Å². The number of carbonyl (C=O) groups is 3. The number of primary sulfonamides is 1. The molecule has 1 saturated heterocycles. The van der Waals surface area contributed by atoms with Crippen LogP contribution in [0.4, 0.5) is 4.79 Å². The molecule has 1 fully saturated rings. The summed E-state index contributed by atoms with van der Waals surface area (Å²) < 4.78 is 22.7. The van der Waals surface area contributed by atoms with Gasteiger partial charge in [0, 0.05) is 27.2 Å². The van der Waals surface area contributed by atoms with Crippen molar-refractivity contribution in [2.24, 2.45) is 11.1 Å². The number of hydrogen-bond acceptors (Lipinski definition) is 6. The minimum Gasteiger partial charge on any atom is -0.350 e. The third-order valence-corrected chi connectivity index (χ3v) is 6.47. The van der Waals surface area contributed by atoms with Crippen LogP contribution < -0.4 is 10.5 Å². The molecular weight excluding hydrogens is 422 g/mol. The molecule has 2 heterocycles. The minimum absolute atomic E-state index is 0.0301. The van der Waals surface area contributed by atoms with Crippen LogP contribution in [0.3, 0.4) is 0 Å². The number of nitrogens with one attached hydrogen (secondary N) is 1. The number of nitrogens with two attached hydrogens (primary N) is 1. The first-order valence-electron chi connectivity index (χ1n) is 9.99. The first-order valence-corrected chi connectivity index (χ1v) is 11.5. The molecule has 1 aromatic carbocycles. The summed E-state index contributed by atoms with van der Waals surface area (Å²) in [6, 6.07) is 5.75. The molecule has 3 rings (SSSR count). The highest BCUT2D eigenvalue weighted by molar-refractivity contribution is 7.89. The van der Waals surface area contributed by atoms with Crippen molar-refractivity contribution >= 4 is 27.9 Å². The fourth-order valence-corrected chi connectivity index (χ4v) is 4.48. The zero-order valence-electron chi connectivity index (χ0n) is 17.7. The van der Waals surface area contributed by atoms with Gasteiger partial charge in [-0.2, -0.15) is 0 Å². The second kappa shape index (κ2) is 8.67. The molecule has 2 aliphatic rings. The number of carbonyl (C=O) groups excluding carboxylic acids is 3. The molecule has 0 spiro atoms. The SMILES string of the molecule is CCCN1C(C(=O)NCCc2ccc(S(N)(=O)=O)cc2)=CC2C(=O)N(C)C(=O)N(C)C21. The fraction of sp³-hybridized carbons (Fsp3) is 0.450. The quantitative estimate of drug-likeness (QED) is 0.605. The van der Waals surface area contributed by atoms with E-state index in [1.54, 1.807) is 25.3 Å². The van der Waals surface area contributed by atoms with Crippen molar-refractivity contribution in [3.8, 4) is 0 Å². The smallest absolute Gasteiger partial charge is 0.327 e. The van der Waals surface area contributed by atoms with Gasteiger partial charge in [-0.3, -0.25) is 14.5 Å². The average molecular weight is 450 g/mol. The topological polar surface area (TPSA) is 133 Å². The summed E-state index contributed by atoms with van der Waals surface area (Å²) in [5, 5.41) is 7.94. The molecule has 0 bridgehead atoms. The Morgan fingerprint density at radius 2 is 1.81 bits per heavy atom. The molecule has 31 heavy (non-hydrogen) atoms. The van der Waals surface area contributed by atoms with Crippen LogP contribution in [-0.4, -0.2) is 74.3 Å². The molecule has 0 aromatic heterocycles. The third kappa shape index (κ3) is 4.42. The Morgan fingerprint density at radius 3 is 2.39 bits per heavy atom. The summed E-state index contributed by atoms with van der Waals surface area (Å²) in [4.78, 5) is 42.2. The van der Waals surface area contributed by atoms with E-state index in [9.17, 15) is 22.8 Å². The number of nitrogens with zero attached hydrogens (tertiary/aromatic N) is 3. The van der Waals surface area contributed by atoms with E-state index in [0.29, 0.717) is 25.2 Å². The van der Waals surface area contributed by atoms with E-state index in [-0.39, 0.29) is 16.7 Å². The molecule has 2 aliphatic heterocycles. The van der Waals surface area contributed by atoms with Crippen molar-refractivity contribution in [2.75, 3.05) is 27.2 Å². The second-order valence-electron chi connectivity index (χ2n) is 7.67. The number of imide groups is 1. The zero-order valence-corrected chi connectivity index (χ0v) is 18.6. The van der Waals surface area contributed by atoms with Crippen LogP contribution in [0.15, 0.2) is 40.9 Å². The van der Waals surface area contributed by atoms with Crippen molar-refractivity contribution in [3.05, 3.63) is 41.6 Å². The van der Waals surface area contributed by atoms with Crippen molar-refractivity contribution in [1.29, 1.82) is 0 Å². The standard InChI is InChI=1S/C20H27N5O5S/c1-4-11-25-16(12-15-18(25)23(2)20(28)24(3)19(15)27)17(26)22-10-9-13-5-7-14(8-6-13)31(21,29)30/h5-8,12,15,18H,4,9-11H2,1-3H3,(H,22,26)(H2,21,29,30). The molecule has 0 saturated carbocycles. The number of sulfonamides is 1. The molecule has 4 amide bonds. The lowest BCUT2D eigenvalue weighted by Gasteiger charge is -2.43. The monoisotopic (exact) mass is 449 g/mol. The third-order valence-electron chi connectivity index (χ3n) is 5.54. The number of fused-ring (bicyclic) bond motifs is 1. The molecule has 168 valence electrons. The number of benzene rings is 1. The number of urea groups is 1. The van der Waals surface area contributed by atoms with Crippen LogP contribution in [0.1, 0.15) is 18.9 Å². The maximum atomic E-state index is 12.9. The lowest BCUT2D eigenvalue weighted by atomic mass is 10.0. The van der Waals surface area contributed by atoms with E-state index in [1.165, 1.54) is 24.1 Å². The largest absolute Gasteiger partial charge is 0.350 e. The molecule has 0 aliphatic carbocycles. The van der Waals surface area contributed by atoms with Gasteiger partial charge in [0.25, 0.3) is 5.91 Å². The lowest BCUT2D eigenvalue weighted by molar-refractivity contribution is -0.137. The van der Waals surface area contributed by atoms with Crippen LogP contribution in [-0.2, 0) is 26.0 Å². The summed E-state index contributed by atoms with van der Waals surface area (Å²) in [5.41, 5.74) is 1.22. The normalized spacial score (nSPS) is 21.3. The molecule has 2 unspecified atom stereocenters. The molecule has 11 heteroatoms. The predicted molar refractivity (Wildman–Crippen MR) is 113 cm³/mol. The van der Waals surface area contributed by atoms with E-state index < -0.39 is 28.1 Å². The Labute approximate surface area is 181 Å². The Balaban J connectivity index is 1.69. The van der Waals surface area contributed by atoms with Crippen LogP contribution in [0.25, 0.3) is 0 Å². The molecule has 0 radical (unpaired) electrons. The molecule has 1 aromatic rings. The average Bonchev–Trinajstić information content (AvgIpc) is 3.10. The minimum atomic E-state index is -3.75. The summed E-state index contributed by atoms with van der Waals surface area (Å²) >= 11 is 0. The van der Waals surface area contributed by atoms with E-state index in [2.05, 4.69) is 5.32 Å². The van der Waals surface area contributed by atoms with Gasteiger partial charge in [0.05, 0.1) is 10.8 Å². The van der Waals surface area contributed by atoms with E-state index >= 15 is 0 Å². The van der Waals surface area contributed by atoms with E-state index in [0.717, 1.165) is 16.9 Å². The Morgan fingerprint density at radius 1 is 1.16 bits per heavy atom. The van der Waals surface area contributed by atoms with Gasteiger partial charge in [-0.1, -0.05) is 19.1 Å². The van der Waals surface area contributed by atoms with Crippen LogP contribution >= 0.6 is 0 Å². The van der Waals surface area contributed by atoms with Gasteiger partial charge in [0.15, 0.2) is 0 Å². The highest BCUT2D eigenvalue weighted by Crippen LogP contribution is 2.34. The van der Waals surface area contributed by atoms with Crippen LogP contribution in [0, 0.1) is 5.92 Å².